The number of nitrogens with zero attached hydrogens (tertiary/aromatic N) is 4. The van der Waals surface area contributed by atoms with E-state index in [4.69, 9.17) is 4.74 Å². The lowest BCUT2D eigenvalue weighted by Gasteiger charge is -2.30. The highest BCUT2D eigenvalue weighted by Crippen LogP contribution is 2.51. The van der Waals surface area contributed by atoms with Gasteiger partial charge in [0, 0.05) is 44.4 Å². The molecule has 2 heterocycles. The maximum absolute atomic E-state index is 15.8. The predicted molar refractivity (Wildman–Crippen MR) is 183 cm³/mol. The molecule has 268 valence electrons. The fourth-order valence-electron chi connectivity index (χ4n) is 7.01. The number of amides is 4. The van der Waals surface area contributed by atoms with Gasteiger partial charge >= 0.3 is 0 Å². The first-order valence-corrected chi connectivity index (χ1v) is 17.5. The largest absolute Gasteiger partial charge is 0.372 e. The summed E-state index contributed by atoms with van der Waals surface area (Å²) in [6.45, 7) is 8.32. The van der Waals surface area contributed by atoms with Crippen LogP contribution in [0.1, 0.15) is 87.8 Å². The standard InChI is InChI=1S/C36H52FN7O5/c1-20(2)44-29(14-16-38-44)34(46)41-32(30(23-8-9-23)24-10-11-24)35(47)39-28-13-12-25(18-27(28)37)21(3)31(40-33(45)22(4)49-7)36(48)43-17-15-26(19-43)42(5)6/h12-14,16,18,20-24,26,30-32H,8-11,15,17,19H2,1-7H3,(H,39,47)(H,40,45)(H,41,46)/t21-,22-,26-,31+,32-/m0/s1. The van der Waals surface area contributed by atoms with Crippen LogP contribution >= 0.6 is 0 Å². The van der Waals surface area contributed by atoms with Crippen molar-refractivity contribution in [1.29, 1.82) is 0 Å². The molecule has 2 aromatic rings. The monoisotopic (exact) mass is 681 g/mol. The van der Waals surface area contributed by atoms with Crippen LogP contribution in [0, 0.1) is 23.6 Å². The molecule has 2 saturated carbocycles. The Morgan fingerprint density at radius 1 is 0.939 bits per heavy atom. The lowest BCUT2D eigenvalue weighted by molar-refractivity contribution is -0.139. The molecule has 3 aliphatic rings. The van der Waals surface area contributed by atoms with Gasteiger partial charge < -0.3 is 30.5 Å². The Morgan fingerprint density at radius 3 is 2.16 bits per heavy atom. The first-order chi connectivity index (χ1) is 23.3. The van der Waals surface area contributed by atoms with Gasteiger partial charge in [-0.25, -0.2) is 4.39 Å². The molecule has 5 atom stereocenters. The molecular weight excluding hydrogens is 629 g/mol. The fourth-order valence-corrected chi connectivity index (χ4v) is 7.01. The molecule has 4 amide bonds. The summed E-state index contributed by atoms with van der Waals surface area (Å²) in [4.78, 5) is 58.0. The summed E-state index contributed by atoms with van der Waals surface area (Å²) in [6, 6.07) is 4.44. The van der Waals surface area contributed by atoms with Gasteiger partial charge in [0.05, 0.1) is 5.69 Å². The van der Waals surface area contributed by atoms with Crippen LogP contribution < -0.4 is 16.0 Å². The molecular formula is C36H52FN7O5. The molecule has 0 bridgehead atoms. The highest BCUT2D eigenvalue weighted by Gasteiger charge is 2.48. The molecule has 0 spiro atoms. The van der Waals surface area contributed by atoms with Crippen LogP contribution in [0.5, 0.6) is 0 Å². The number of halogens is 1. The van der Waals surface area contributed by atoms with Gasteiger partial charge in [0.15, 0.2) is 0 Å². The van der Waals surface area contributed by atoms with Crippen LogP contribution in [-0.4, -0.2) is 102 Å². The topological polar surface area (TPSA) is 138 Å². The summed E-state index contributed by atoms with van der Waals surface area (Å²) in [6.07, 6.45) is 5.60. The highest BCUT2D eigenvalue weighted by atomic mass is 19.1. The van der Waals surface area contributed by atoms with Gasteiger partial charge in [0.2, 0.25) is 17.7 Å². The smallest absolute Gasteiger partial charge is 0.270 e. The van der Waals surface area contributed by atoms with Gasteiger partial charge in [-0.1, -0.05) is 13.0 Å². The number of carbonyl (C=O) groups is 4. The second kappa shape index (κ2) is 15.4. The van der Waals surface area contributed by atoms with Gasteiger partial charge in [-0.2, -0.15) is 5.10 Å². The van der Waals surface area contributed by atoms with Crippen molar-refractivity contribution in [2.24, 2.45) is 17.8 Å². The number of ether oxygens (including phenoxy) is 1. The van der Waals surface area contributed by atoms with Crippen molar-refractivity contribution in [1.82, 2.24) is 30.2 Å². The average molecular weight is 682 g/mol. The van der Waals surface area contributed by atoms with E-state index >= 15 is 4.39 Å². The third-order valence-electron chi connectivity index (χ3n) is 10.4. The van der Waals surface area contributed by atoms with Gasteiger partial charge in [-0.3, -0.25) is 23.9 Å². The lowest BCUT2D eigenvalue weighted by atomic mass is 9.88. The third-order valence-corrected chi connectivity index (χ3v) is 10.4. The van der Waals surface area contributed by atoms with Crippen molar-refractivity contribution in [2.45, 2.75) is 96.0 Å². The SMILES string of the molecule is CO[C@@H](C)C(=O)N[C@@H](C(=O)N1CC[C@H](N(C)C)C1)[C@@H](C)c1ccc(NC(=O)[C@@H](NC(=O)c2ccnn2C(C)C)C(C2CC2)C2CC2)c(F)c1. The van der Waals surface area contributed by atoms with E-state index < -0.39 is 47.6 Å². The molecule has 1 aromatic carbocycles. The van der Waals surface area contributed by atoms with E-state index in [2.05, 4.69) is 25.9 Å². The summed E-state index contributed by atoms with van der Waals surface area (Å²) < 4.78 is 22.6. The number of anilines is 1. The molecule has 3 N–H and O–H groups in total. The van der Waals surface area contributed by atoms with Crippen LogP contribution in [0.15, 0.2) is 30.5 Å². The maximum atomic E-state index is 15.8. The fraction of sp³-hybridized carbons (Fsp3) is 0.639. The van der Waals surface area contributed by atoms with Crippen molar-refractivity contribution in [3.05, 3.63) is 47.5 Å². The van der Waals surface area contributed by atoms with Gasteiger partial charge in [0.25, 0.3) is 5.91 Å². The van der Waals surface area contributed by atoms with Crippen LogP contribution in [0.3, 0.4) is 0 Å². The molecule has 2 aliphatic carbocycles. The molecule has 3 fully saturated rings. The Morgan fingerprint density at radius 2 is 1.61 bits per heavy atom. The van der Waals surface area contributed by atoms with Gasteiger partial charge in [0.1, 0.15) is 29.7 Å². The quantitative estimate of drug-likeness (QED) is 0.262. The van der Waals surface area contributed by atoms with E-state index in [-0.39, 0.29) is 29.6 Å². The average Bonchev–Trinajstić information content (AvgIpc) is 3.99. The molecule has 49 heavy (non-hydrogen) atoms. The van der Waals surface area contributed by atoms with Crippen LogP contribution in [0.25, 0.3) is 0 Å². The number of nitrogens with one attached hydrogen (secondary N) is 3. The van der Waals surface area contributed by atoms with Gasteiger partial charge in [-0.15, -0.1) is 0 Å². The number of benzene rings is 1. The molecule has 1 aliphatic heterocycles. The van der Waals surface area contributed by atoms with Crippen LogP contribution in [0.4, 0.5) is 10.1 Å². The Hall–Kier alpha value is -3.84. The third kappa shape index (κ3) is 8.49. The Kier molecular flexibility index (Phi) is 11.4. The molecule has 1 saturated heterocycles. The number of hydrogen-bond acceptors (Lipinski definition) is 7. The maximum Gasteiger partial charge on any atom is 0.270 e. The van der Waals surface area contributed by atoms with E-state index in [0.717, 1.165) is 32.1 Å². The van der Waals surface area contributed by atoms with Crippen molar-refractivity contribution in [3.8, 4) is 0 Å². The minimum Gasteiger partial charge on any atom is -0.372 e. The molecule has 13 heteroatoms. The van der Waals surface area contributed by atoms with E-state index in [0.29, 0.717) is 36.2 Å². The zero-order valence-electron chi connectivity index (χ0n) is 29.7. The number of aromatic nitrogens is 2. The Balaban J connectivity index is 1.35. The number of carbonyl (C=O) groups excluding carboxylic acids is 4. The number of likely N-dealkylation sites (tertiary alicyclic amines) is 1. The van der Waals surface area contributed by atoms with Crippen molar-refractivity contribution >= 4 is 29.3 Å². The first kappa shape index (κ1) is 36.4. The summed E-state index contributed by atoms with van der Waals surface area (Å²) >= 11 is 0. The van der Waals surface area contributed by atoms with Crippen molar-refractivity contribution < 1.29 is 28.3 Å². The van der Waals surface area contributed by atoms with E-state index in [1.807, 2.05) is 27.9 Å². The Bertz CT molecular complexity index is 1510. The molecule has 1 aromatic heterocycles. The van der Waals surface area contributed by atoms with Crippen LogP contribution in [-0.2, 0) is 19.1 Å². The highest BCUT2D eigenvalue weighted by molar-refractivity contribution is 6.01. The number of hydrogen-bond donors (Lipinski definition) is 3. The second-order valence-electron chi connectivity index (χ2n) is 14.5. The number of methoxy groups -OCH3 is 1. The molecule has 0 radical (unpaired) electrons. The molecule has 12 nitrogen and oxygen atoms in total. The minimum absolute atomic E-state index is 0.0222. The van der Waals surface area contributed by atoms with Crippen LogP contribution in [0.2, 0.25) is 0 Å². The summed E-state index contributed by atoms with van der Waals surface area (Å²) in [7, 11) is 5.37. The van der Waals surface area contributed by atoms with E-state index in [1.54, 1.807) is 41.8 Å². The van der Waals surface area contributed by atoms with Crippen molar-refractivity contribution in [3.63, 3.8) is 0 Å². The summed E-state index contributed by atoms with van der Waals surface area (Å²) in [5.74, 6) is -2.17. The predicted octanol–water partition coefficient (Wildman–Crippen LogP) is 3.56. The second-order valence-corrected chi connectivity index (χ2v) is 14.5. The van der Waals surface area contributed by atoms with E-state index in [9.17, 15) is 19.2 Å². The van der Waals surface area contributed by atoms with Crippen molar-refractivity contribution in [2.75, 3.05) is 39.6 Å². The molecule has 0 unspecified atom stereocenters. The minimum atomic E-state index is -0.956. The number of likely N-dealkylation sites (N-methyl/N-ethyl adjacent to an activating group) is 1. The zero-order chi connectivity index (χ0) is 35.6. The number of rotatable bonds is 15. The zero-order valence-corrected chi connectivity index (χ0v) is 29.7. The van der Waals surface area contributed by atoms with Gasteiger partial charge in [-0.05, 0) is 108 Å². The lowest BCUT2D eigenvalue weighted by Crippen LogP contribution is -2.53. The van der Waals surface area contributed by atoms with E-state index in [1.165, 1.54) is 19.2 Å². The first-order valence-electron chi connectivity index (χ1n) is 17.5. The summed E-state index contributed by atoms with van der Waals surface area (Å²) in [5, 5.41) is 12.9. The Labute approximate surface area is 288 Å². The summed E-state index contributed by atoms with van der Waals surface area (Å²) in [5.41, 5.74) is 0.833. The molecule has 5 rings (SSSR count). The normalized spacial score (nSPS) is 20.3.